The molecule has 0 N–H and O–H groups in total. The summed E-state index contributed by atoms with van der Waals surface area (Å²) in [5.74, 6) is 0. The van der Waals surface area contributed by atoms with Gasteiger partial charge in [0.25, 0.3) is 0 Å². The summed E-state index contributed by atoms with van der Waals surface area (Å²) in [6.45, 7) is 4.26. The zero-order valence-corrected chi connectivity index (χ0v) is 12.6. The van der Waals surface area contributed by atoms with Crippen molar-refractivity contribution in [1.29, 1.82) is 0 Å². The summed E-state index contributed by atoms with van der Waals surface area (Å²) in [6.07, 6.45) is 0. The molecule has 1 nitrogen and oxygen atoms in total. The Balaban J connectivity index is 2.27. The quantitative estimate of drug-likeness (QED) is 0.590. The third kappa shape index (κ3) is 1.88. The van der Waals surface area contributed by atoms with Gasteiger partial charge in [0.2, 0.25) is 0 Å². The lowest BCUT2D eigenvalue weighted by Crippen LogP contribution is -1.84. The van der Waals surface area contributed by atoms with E-state index in [9.17, 15) is 0 Å². The molecule has 1 heterocycles. The van der Waals surface area contributed by atoms with E-state index in [0.717, 1.165) is 15.0 Å². The zero-order valence-electron chi connectivity index (χ0n) is 10.2. The first-order valence-electron chi connectivity index (χ1n) is 5.78. The number of benzene rings is 2. The summed E-state index contributed by atoms with van der Waals surface area (Å²) in [4.78, 5) is 4.78. The van der Waals surface area contributed by atoms with Gasteiger partial charge in [-0.2, -0.15) is 0 Å². The molecule has 0 radical (unpaired) electrons. The highest BCUT2D eigenvalue weighted by Gasteiger charge is 2.11. The maximum Gasteiger partial charge on any atom is 0.124 e. The molecule has 0 amide bonds. The Morgan fingerprint density at radius 3 is 2.50 bits per heavy atom. The molecular weight excluding hydrogens is 306 g/mol. The number of halogens is 1. The van der Waals surface area contributed by atoms with Crippen molar-refractivity contribution in [1.82, 2.24) is 4.98 Å². The molecule has 1 aromatic heterocycles. The molecule has 0 spiro atoms. The highest BCUT2D eigenvalue weighted by Crippen LogP contribution is 2.35. The van der Waals surface area contributed by atoms with E-state index in [-0.39, 0.29) is 0 Å². The number of thiazole rings is 1. The molecule has 0 aliphatic heterocycles. The van der Waals surface area contributed by atoms with Crippen LogP contribution in [0.4, 0.5) is 0 Å². The van der Waals surface area contributed by atoms with Crippen LogP contribution < -0.4 is 0 Å². The largest absolute Gasteiger partial charge is 0.236 e. The van der Waals surface area contributed by atoms with Crippen LogP contribution in [-0.2, 0) is 0 Å². The monoisotopic (exact) mass is 317 g/mol. The van der Waals surface area contributed by atoms with E-state index in [1.165, 1.54) is 21.4 Å². The normalized spacial score (nSPS) is 11.1. The number of hydrogen-bond acceptors (Lipinski definition) is 2. The van der Waals surface area contributed by atoms with Crippen molar-refractivity contribution in [2.24, 2.45) is 0 Å². The molecule has 0 atom stereocenters. The minimum Gasteiger partial charge on any atom is -0.236 e. The number of hydrogen-bond donors (Lipinski definition) is 0. The van der Waals surface area contributed by atoms with Crippen LogP contribution >= 0.6 is 27.3 Å². The lowest BCUT2D eigenvalue weighted by Gasteiger charge is -2.02. The minimum atomic E-state index is 1.09. The molecule has 2 aromatic carbocycles. The molecule has 0 aliphatic carbocycles. The predicted octanol–water partition coefficient (Wildman–Crippen LogP) is 5.34. The predicted molar refractivity (Wildman–Crippen MR) is 82.2 cm³/mol. The van der Waals surface area contributed by atoms with Gasteiger partial charge < -0.3 is 0 Å². The van der Waals surface area contributed by atoms with Crippen molar-refractivity contribution in [3.8, 4) is 10.6 Å². The maximum absolute atomic E-state index is 4.78. The number of nitrogens with zero attached hydrogens (tertiary/aromatic N) is 1. The smallest absolute Gasteiger partial charge is 0.124 e. The molecule has 3 heteroatoms. The van der Waals surface area contributed by atoms with Crippen LogP contribution in [0.1, 0.15) is 11.1 Å². The van der Waals surface area contributed by atoms with E-state index in [4.69, 9.17) is 4.98 Å². The van der Waals surface area contributed by atoms with Gasteiger partial charge in [-0.25, -0.2) is 4.98 Å². The topological polar surface area (TPSA) is 12.9 Å². The molecule has 0 bridgehead atoms. The van der Waals surface area contributed by atoms with E-state index in [1.54, 1.807) is 11.3 Å². The molecule has 0 fully saturated rings. The van der Waals surface area contributed by atoms with Gasteiger partial charge in [-0.05, 0) is 31.0 Å². The Bertz CT molecular complexity index is 716. The first-order chi connectivity index (χ1) is 8.66. The molecule has 18 heavy (non-hydrogen) atoms. The number of aromatic nitrogens is 1. The second kappa shape index (κ2) is 4.48. The van der Waals surface area contributed by atoms with Crippen LogP contribution in [0.25, 0.3) is 20.8 Å². The fourth-order valence-corrected chi connectivity index (χ4v) is 3.73. The standard InChI is InChI=1S/C15H12BrNS/c1-9-10(2)14-13(8-12(9)16)18-15(17-14)11-6-4-3-5-7-11/h3-8H,1-2H3. The highest BCUT2D eigenvalue weighted by atomic mass is 79.9. The zero-order chi connectivity index (χ0) is 12.7. The van der Waals surface area contributed by atoms with Crippen LogP contribution in [0, 0.1) is 13.8 Å². The summed E-state index contributed by atoms with van der Waals surface area (Å²) in [5, 5.41) is 1.09. The van der Waals surface area contributed by atoms with Crippen molar-refractivity contribution < 1.29 is 0 Å². The van der Waals surface area contributed by atoms with Crippen LogP contribution in [0.15, 0.2) is 40.9 Å². The Morgan fingerprint density at radius 1 is 1.06 bits per heavy atom. The van der Waals surface area contributed by atoms with E-state index in [1.807, 2.05) is 6.07 Å². The van der Waals surface area contributed by atoms with Gasteiger partial charge in [-0.3, -0.25) is 0 Å². The van der Waals surface area contributed by atoms with E-state index in [0.29, 0.717) is 0 Å². The van der Waals surface area contributed by atoms with Crippen molar-refractivity contribution >= 4 is 37.5 Å². The van der Waals surface area contributed by atoms with Crippen molar-refractivity contribution in [2.45, 2.75) is 13.8 Å². The van der Waals surface area contributed by atoms with Crippen molar-refractivity contribution in [2.75, 3.05) is 0 Å². The van der Waals surface area contributed by atoms with Crippen LogP contribution in [0.3, 0.4) is 0 Å². The van der Waals surface area contributed by atoms with Crippen molar-refractivity contribution in [3.05, 3.63) is 52.0 Å². The molecule has 90 valence electrons. The van der Waals surface area contributed by atoms with Crippen LogP contribution in [0.2, 0.25) is 0 Å². The molecule has 0 saturated heterocycles. The SMILES string of the molecule is Cc1c(Br)cc2sc(-c3ccccc3)nc2c1C. The highest BCUT2D eigenvalue weighted by molar-refractivity contribution is 9.10. The summed E-state index contributed by atoms with van der Waals surface area (Å²) in [5.41, 5.74) is 4.84. The van der Waals surface area contributed by atoms with E-state index < -0.39 is 0 Å². The van der Waals surface area contributed by atoms with Gasteiger partial charge in [-0.15, -0.1) is 11.3 Å². The van der Waals surface area contributed by atoms with Gasteiger partial charge in [0, 0.05) is 10.0 Å². The Morgan fingerprint density at radius 2 is 1.78 bits per heavy atom. The fraction of sp³-hybridized carbons (Fsp3) is 0.133. The maximum atomic E-state index is 4.78. The summed E-state index contributed by atoms with van der Waals surface area (Å²) >= 11 is 5.36. The second-order valence-corrected chi connectivity index (χ2v) is 6.23. The third-order valence-corrected chi connectivity index (χ3v) is 5.08. The van der Waals surface area contributed by atoms with Crippen LogP contribution in [0.5, 0.6) is 0 Å². The van der Waals surface area contributed by atoms with Gasteiger partial charge in [-0.1, -0.05) is 46.3 Å². The van der Waals surface area contributed by atoms with E-state index >= 15 is 0 Å². The first kappa shape index (κ1) is 11.9. The molecule has 3 rings (SSSR count). The van der Waals surface area contributed by atoms with Gasteiger partial charge in [0.15, 0.2) is 0 Å². The average molecular weight is 318 g/mol. The van der Waals surface area contributed by atoms with Gasteiger partial charge in [0.1, 0.15) is 5.01 Å². The lowest BCUT2D eigenvalue weighted by molar-refractivity contribution is 1.32. The summed E-state index contributed by atoms with van der Waals surface area (Å²) < 4.78 is 2.40. The minimum absolute atomic E-state index is 1.09. The average Bonchev–Trinajstić information content (AvgIpc) is 2.81. The summed E-state index contributed by atoms with van der Waals surface area (Å²) in [6, 6.07) is 12.5. The first-order valence-corrected chi connectivity index (χ1v) is 7.39. The molecular formula is C15H12BrNS. The fourth-order valence-electron chi connectivity index (χ4n) is 1.98. The second-order valence-electron chi connectivity index (χ2n) is 4.34. The number of fused-ring (bicyclic) bond motifs is 1. The Labute approximate surface area is 119 Å². The van der Waals surface area contributed by atoms with Gasteiger partial charge in [0.05, 0.1) is 10.2 Å². The molecule has 0 saturated carbocycles. The van der Waals surface area contributed by atoms with Crippen LogP contribution in [-0.4, -0.2) is 4.98 Å². The lowest BCUT2D eigenvalue weighted by atomic mass is 10.1. The van der Waals surface area contributed by atoms with Gasteiger partial charge >= 0.3 is 0 Å². The molecule has 0 aliphatic rings. The van der Waals surface area contributed by atoms with Crippen molar-refractivity contribution in [3.63, 3.8) is 0 Å². The number of aryl methyl sites for hydroxylation is 1. The summed E-state index contributed by atoms with van der Waals surface area (Å²) in [7, 11) is 0. The molecule has 0 unspecified atom stereocenters. The third-order valence-electron chi connectivity index (χ3n) is 3.21. The Kier molecular flexibility index (Phi) is 2.96. The molecule has 3 aromatic rings. The van der Waals surface area contributed by atoms with E-state index in [2.05, 4.69) is 60.1 Å². The Hall–Kier alpha value is -1.19. The number of rotatable bonds is 1.